The van der Waals surface area contributed by atoms with E-state index in [0.29, 0.717) is 5.82 Å². The lowest BCUT2D eigenvalue weighted by Gasteiger charge is -2.30. The van der Waals surface area contributed by atoms with Crippen LogP contribution in [0, 0.1) is 0 Å². The number of nitrogens with one attached hydrogen (secondary N) is 1. The summed E-state index contributed by atoms with van der Waals surface area (Å²) >= 11 is 0. The van der Waals surface area contributed by atoms with E-state index >= 15 is 0 Å². The number of aryl methyl sites for hydroxylation is 1. The average molecular weight is 398 g/mol. The summed E-state index contributed by atoms with van der Waals surface area (Å²) in [4.78, 5) is 22.8. The van der Waals surface area contributed by atoms with Gasteiger partial charge in [-0.25, -0.2) is 9.97 Å². The lowest BCUT2D eigenvalue weighted by molar-refractivity contribution is -0.136. The van der Waals surface area contributed by atoms with E-state index in [-0.39, 0.29) is 11.4 Å². The van der Waals surface area contributed by atoms with Gasteiger partial charge in [-0.3, -0.25) is 4.79 Å². The van der Waals surface area contributed by atoms with Crippen LogP contribution in [-0.2, 0) is 12.6 Å². The maximum Gasteiger partial charge on any atom is 0.418 e. The van der Waals surface area contributed by atoms with Crippen LogP contribution >= 0.6 is 0 Å². The second-order valence-electron chi connectivity index (χ2n) is 6.64. The van der Waals surface area contributed by atoms with Crippen LogP contribution in [0.3, 0.4) is 0 Å². The van der Waals surface area contributed by atoms with Crippen LogP contribution < -0.4 is 10.2 Å². The molecule has 3 aromatic rings. The number of nitrogens with zero attached hydrogens (tertiary/aromatic N) is 3. The van der Waals surface area contributed by atoms with Crippen molar-refractivity contribution in [2.45, 2.75) is 19.0 Å². The molecule has 0 radical (unpaired) electrons. The van der Waals surface area contributed by atoms with Gasteiger partial charge in [-0.05, 0) is 36.6 Å². The van der Waals surface area contributed by atoms with Gasteiger partial charge in [-0.2, -0.15) is 13.2 Å². The van der Waals surface area contributed by atoms with Crippen LogP contribution in [0.5, 0.6) is 0 Å². The SMILES string of the molecule is O=C(Nc1ccccc1C(F)(F)F)c1cnc(N2CCCc3ccccc32)cn1. The monoisotopic (exact) mass is 398 g/mol. The van der Waals surface area contributed by atoms with Crippen LogP contribution in [0.25, 0.3) is 0 Å². The standard InChI is InChI=1S/C21H17F3N4O/c22-21(23,24)15-8-2-3-9-16(15)27-20(29)17-12-26-19(13-25-17)28-11-5-7-14-6-1-4-10-18(14)28/h1-4,6,8-10,12-13H,5,7,11H2,(H,27,29). The van der Waals surface area contributed by atoms with E-state index in [0.717, 1.165) is 31.1 Å². The quantitative estimate of drug-likeness (QED) is 0.687. The number of carbonyl (C=O) groups excluding carboxylic acids is 1. The van der Waals surface area contributed by atoms with Crippen molar-refractivity contribution in [3.8, 4) is 0 Å². The molecule has 0 spiro atoms. The number of para-hydroxylation sites is 2. The molecule has 0 aliphatic carbocycles. The zero-order valence-corrected chi connectivity index (χ0v) is 15.3. The Balaban J connectivity index is 1.55. The molecule has 0 saturated carbocycles. The predicted octanol–water partition coefficient (Wildman–Crippen LogP) is 4.83. The Morgan fingerprint density at radius 1 is 1.00 bits per heavy atom. The maximum absolute atomic E-state index is 13.1. The zero-order valence-electron chi connectivity index (χ0n) is 15.3. The molecule has 2 aromatic carbocycles. The van der Waals surface area contributed by atoms with E-state index in [4.69, 9.17) is 0 Å². The summed E-state index contributed by atoms with van der Waals surface area (Å²) < 4.78 is 39.3. The molecule has 0 saturated heterocycles. The van der Waals surface area contributed by atoms with Gasteiger partial charge in [0, 0.05) is 12.2 Å². The van der Waals surface area contributed by atoms with E-state index < -0.39 is 17.6 Å². The highest BCUT2D eigenvalue weighted by molar-refractivity contribution is 6.03. The minimum atomic E-state index is -4.57. The Labute approximate surface area is 165 Å². The minimum absolute atomic E-state index is 0.0592. The normalized spacial score (nSPS) is 13.7. The van der Waals surface area contributed by atoms with Gasteiger partial charge in [0.1, 0.15) is 5.69 Å². The lowest BCUT2D eigenvalue weighted by Crippen LogP contribution is -2.26. The summed E-state index contributed by atoms with van der Waals surface area (Å²) in [6, 6.07) is 12.8. The Morgan fingerprint density at radius 2 is 1.76 bits per heavy atom. The number of amides is 1. The first-order valence-corrected chi connectivity index (χ1v) is 9.08. The summed E-state index contributed by atoms with van der Waals surface area (Å²) in [6.07, 6.45) is 0.125. The Bertz CT molecular complexity index is 1030. The van der Waals surface area contributed by atoms with Gasteiger partial charge in [-0.1, -0.05) is 30.3 Å². The molecule has 5 nitrogen and oxygen atoms in total. The summed E-state index contributed by atoms with van der Waals surface area (Å²) in [6.45, 7) is 0.774. The molecule has 8 heteroatoms. The molecule has 1 aliphatic heterocycles. The number of aromatic nitrogens is 2. The van der Waals surface area contributed by atoms with Crippen molar-refractivity contribution in [2.75, 3.05) is 16.8 Å². The van der Waals surface area contributed by atoms with Gasteiger partial charge in [0.2, 0.25) is 0 Å². The highest BCUT2D eigenvalue weighted by Crippen LogP contribution is 2.35. The maximum atomic E-state index is 13.1. The number of carbonyl (C=O) groups is 1. The fourth-order valence-electron chi connectivity index (χ4n) is 3.38. The van der Waals surface area contributed by atoms with Crippen LogP contribution in [0.2, 0.25) is 0 Å². The van der Waals surface area contributed by atoms with Gasteiger partial charge < -0.3 is 10.2 Å². The fourth-order valence-corrected chi connectivity index (χ4v) is 3.38. The second kappa shape index (κ2) is 7.54. The van der Waals surface area contributed by atoms with Crippen molar-refractivity contribution in [1.82, 2.24) is 9.97 Å². The Kier molecular flexibility index (Phi) is 4.92. The fraction of sp³-hybridized carbons (Fsp3) is 0.190. The summed E-state index contributed by atoms with van der Waals surface area (Å²) in [7, 11) is 0. The molecule has 0 unspecified atom stereocenters. The number of alkyl halides is 3. The molecule has 0 atom stereocenters. The first kappa shape index (κ1) is 18.9. The predicted molar refractivity (Wildman–Crippen MR) is 103 cm³/mol. The molecule has 0 bridgehead atoms. The highest BCUT2D eigenvalue weighted by atomic mass is 19.4. The smallest absolute Gasteiger partial charge is 0.325 e. The summed E-state index contributed by atoms with van der Waals surface area (Å²) in [5.74, 6) is -0.163. The third kappa shape index (κ3) is 3.91. The van der Waals surface area contributed by atoms with Crippen molar-refractivity contribution in [3.05, 3.63) is 77.7 Å². The zero-order chi connectivity index (χ0) is 20.4. The molecule has 0 fully saturated rings. The average Bonchev–Trinajstić information content (AvgIpc) is 2.73. The molecule has 148 valence electrons. The topological polar surface area (TPSA) is 58.1 Å². The van der Waals surface area contributed by atoms with Crippen LogP contribution in [0.15, 0.2) is 60.9 Å². The van der Waals surface area contributed by atoms with Gasteiger partial charge in [0.05, 0.1) is 23.6 Å². The third-order valence-electron chi connectivity index (χ3n) is 4.74. The van der Waals surface area contributed by atoms with E-state index in [1.165, 1.54) is 36.2 Å². The first-order valence-electron chi connectivity index (χ1n) is 9.08. The van der Waals surface area contributed by atoms with E-state index in [1.54, 1.807) is 0 Å². The summed E-state index contributed by atoms with van der Waals surface area (Å²) in [5, 5.41) is 2.27. The third-order valence-corrected chi connectivity index (χ3v) is 4.74. The molecule has 1 N–H and O–H groups in total. The van der Waals surface area contributed by atoms with Crippen LogP contribution in [0.1, 0.15) is 28.0 Å². The minimum Gasteiger partial charge on any atom is -0.325 e. The Hall–Kier alpha value is -3.42. The number of halogens is 3. The molecule has 1 aliphatic rings. The first-order chi connectivity index (χ1) is 13.9. The molecular weight excluding hydrogens is 381 g/mol. The number of anilines is 3. The van der Waals surface area contributed by atoms with Crippen molar-refractivity contribution in [2.24, 2.45) is 0 Å². The largest absolute Gasteiger partial charge is 0.418 e. The lowest BCUT2D eigenvalue weighted by atomic mass is 10.0. The van der Waals surface area contributed by atoms with Gasteiger partial charge >= 0.3 is 6.18 Å². The van der Waals surface area contributed by atoms with Gasteiger partial charge in [0.25, 0.3) is 5.91 Å². The number of rotatable bonds is 3. The van der Waals surface area contributed by atoms with Crippen molar-refractivity contribution < 1.29 is 18.0 Å². The van der Waals surface area contributed by atoms with E-state index in [2.05, 4.69) is 21.4 Å². The van der Waals surface area contributed by atoms with Crippen molar-refractivity contribution >= 4 is 23.1 Å². The van der Waals surface area contributed by atoms with Crippen LogP contribution in [-0.4, -0.2) is 22.4 Å². The molecule has 2 heterocycles. The molecule has 29 heavy (non-hydrogen) atoms. The van der Waals surface area contributed by atoms with Crippen molar-refractivity contribution in [1.29, 1.82) is 0 Å². The highest BCUT2D eigenvalue weighted by Gasteiger charge is 2.33. The Morgan fingerprint density at radius 3 is 2.52 bits per heavy atom. The van der Waals surface area contributed by atoms with Gasteiger partial charge in [0.15, 0.2) is 5.82 Å². The molecular formula is C21H17F3N4O. The van der Waals surface area contributed by atoms with E-state index in [1.807, 2.05) is 23.1 Å². The second-order valence-corrected chi connectivity index (χ2v) is 6.64. The van der Waals surface area contributed by atoms with Crippen LogP contribution in [0.4, 0.5) is 30.4 Å². The molecule has 1 aromatic heterocycles. The molecule has 4 rings (SSSR count). The number of hydrogen-bond donors (Lipinski definition) is 1. The summed E-state index contributed by atoms with van der Waals surface area (Å²) in [5.41, 5.74) is 0.968. The number of fused-ring (bicyclic) bond motifs is 1. The van der Waals surface area contributed by atoms with E-state index in [9.17, 15) is 18.0 Å². The van der Waals surface area contributed by atoms with Gasteiger partial charge in [-0.15, -0.1) is 0 Å². The number of hydrogen-bond acceptors (Lipinski definition) is 4. The van der Waals surface area contributed by atoms with Crippen molar-refractivity contribution in [3.63, 3.8) is 0 Å². The number of benzene rings is 2. The molecule has 1 amide bonds.